The lowest BCUT2D eigenvalue weighted by molar-refractivity contribution is 1.08. The molecule has 6 heteroatoms. The molecular weight excluding hydrogens is 228 g/mol. The number of aromatic nitrogens is 3. The Kier molecular flexibility index (Phi) is 2.62. The van der Waals surface area contributed by atoms with Crippen molar-refractivity contribution in [2.45, 2.75) is 6.92 Å². The summed E-state index contributed by atoms with van der Waals surface area (Å²) in [6.07, 6.45) is 1.48. The summed E-state index contributed by atoms with van der Waals surface area (Å²) in [7, 11) is 0. The molecule has 3 N–H and O–H groups in total. The topological polar surface area (TPSA) is 84.7 Å². The van der Waals surface area contributed by atoms with Crippen LogP contribution >= 0.6 is 11.6 Å². The number of nitrogens with one attached hydrogen (secondary N) is 1. The van der Waals surface area contributed by atoms with Gasteiger partial charge in [-0.3, -0.25) is 9.78 Å². The molecule has 0 unspecified atom stereocenters. The highest BCUT2D eigenvalue weighted by atomic mass is 35.5. The molecule has 0 radical (unpaired) electrons. The second-order valence-electron chi connectivity index (χ2n) is 3.29. The summed E-state index contributed by atoms with van der Waals surface area (Å²) < 4.78 is 0. The van der Waals surface area contributed by atoms with Crippen LogP contribution in [0.1, 0.15) is 5.56 Å². The first-order valence-corrected chi connectivity index (χ1v) is 4.94. The van der Waals surface area contributed by atoms with Crippen molar-refractivity contribution in [1.29, 1.82) is 0 Å². The minimum absolute atomic E-state index is 0.204. The molecule has 0 aliphatic carbocycles. The number of nitrogens with zero attached hydrogens (tertiary/aromatic N) is 2. The van der Waals surface area contributed by atoms with Crippen molar-refractivity contribution in [3.63, 3.8) is 0 Å². The van der Waals surface area contributed by atoms with Gasteiger partial charge >= 0.3 is 0 Å². The summed E-state index contributed by atoms with van der Waals surface area (Å²) in [5.41, 5.74) is 6.26. The molecule has 0 aliphatic rings. The second kappa shape index (κ2) is 3.94. The van der Waals surface area contributed by atoms with E-state index in [0.717, 1.165) is 0 Å². The van der Waals surface area contributed by atoms with E-state index in [2.05, 4.69) is 15.0 Å². The van der Waals surface area contributed by atoms with Gasteiger partial charge in [0.1, 0.15) is 11.5 Å². The number of rotatable bonds is 1. The molecule has 5 nitrogen and oxygen atoms in total. The maximum Gasteiger partial charge on any atom is 0.256 e. The highest BCUT2D eigenvalue weighted by Gasteiger charge is 2.07. The lowest BCUT2D eigenvalue weighted by Crippen LogP contribution is -2.15. The number of nitrogen functional groups attached to an aromatic ring is 1. The quantitative estimate of drug-likeness (QED) is 0.783. The Morgan fingerprint density at radius 2 is 2.19 bits per heavy atom. The number of H-pyrrole nitrogens is 1. The van der Waals surface area contributed by atoms with Gasteiger partial charge < -0.3 is 10.7 Å². The molecule has 82 valence electrons. The van der Waals surface area contributed by atoms with Crippen LogP contribution in [0.2, 0.25) is 5.02 Å². The van der Waals surface area contributed by atoms with Crippen LogP contribution in [0.5, 0.6) is 0 Å². The number of hydrogen-bond acceptors (Lipinski definition) is 4. The van der Waals surface area contributed by atoms with Crippen molar-refractivity contribution in [2.75, 3.05) is 5.73 Å². The predicted molar refractivity (Wildman–Crippen MR) is 62.2 cm³/mol. The first-order valence-electron chi connectivity index (χ1n) is 4.56. The van der Waals surface area contributed by atoms with E-state index in [9.17, 15) is 4.79 Å². The Bertz CT molecular complexity index is 576. The third-order valence-corrected chi connectivity index (χ3v) is 2.38. The minimum atomic E-state index is -0.265. The van der Waals surface area contributed by atoms with E-state index in [1.165, 1.54) is 6.20 Å². The first-order chi connectivity index (χ1) is 7.58. The molecule has 0 amide bonds. The molecule has 0 bridgehead atoms. The SMILES string of the molecule is Cc1c(N)nc(-c2ccc(Cl)cn2)[nH]c1=O. The summed E-state index contributed by atoms with van der Waals surface area (Å²) in [5, 5.41) is 0.520. The lowest BCUT2D eigenvalue weighted by atomic mass is 10.3. The largest absolute Gasteiger partial charge is 0.383 e. The molecule has 2 rings (SSSR count). The zero-order chi connectivity index (χ0) is 11.7. The Morgan fingerprint density at radius 1 is 1.44 bits per heavy atom. The van der Waals surface area contributed by atoms with Gasteiger partial charge in [-0.05, 0) is 19.1 Å². The summed E-state index contributed by atoms with van der Waals surface area (Å²) in [4.78, 5) is 22.2. The fourth-order valence-corrected chi connectivity index (χ4v) is 1.30. The molecule has 0 fully saturated rings. The fourth-order valence-electron chi connectivity index (χ4n) is 1.19. The standard InChI is InChI=1S/C10H9ClN4O/c1-5-8(12)14-9(15-10(5)16)7-3-2-6(11)4-13-7/h2-4H,1H3,(H3,12,14,15,16). The zero-order valence-electron chi connectivity index (χ0n) is 8.49. The molecular formula is C10H9ClN4O. The van der Waals surface area contributed by atoms with Crippen LogP contribution in [0.15, 0.2) is 23.1 Å². The van der Waals surface area contributed by atoms with Crippen LogP contribution in [-0.2, 0) is 0 Å². The number of anilines is 1. The van der Waals surface area contributed by atoms with E-state index in [1.54, 1.807) is 19.1 Å². The summed E-state index contributed by atoms with van der Waals surface area (Å²) in [5.74, 6) is 0.542. The Balaban J connectivity index is 2.57. The van der Waals surface area contributed by atoms with Gasteiger partial charge in [-0.2, -0.15) is 0 Å². The normalized spacial score (nSPS) is 10.4. The molecule has 0 aromatic carbocycles. The first kappa shape index (κ1) is 10.6. The smallest absolute Gasteiger partial charge is 0.256 e. The van der Waals surface area contributed by atoms with Gasteiger partial charge in [0.05, 0.1) is 10.6 Å². The Hall–Kier alpha value is -1.88. The van der Waals surface area contributed by atoms with Crippen molar-refractivity contribution < 1.29 is 0 Å². The summed E-state index contributed by atoms with van der Waals surface area (Å²) >= 11 is 5.71. The van der Waals surface area contributed by atoms with Crippen LogP contribution in [0.25, 0.3) is 11.5 Å². The van der Waals surface area contributed by atoms with E-state index in [1.807, 2.05) is 0 Å². The van der Waals surface area contributed by atoms with Gasteiger partial charge in [0.15, 0.2) is 5.82 Å². The number of hydrogen-bond donors (Lipinski definition) is 2. The molecule has 2 aromatic heterocycles. The fraction of sp³-hybridized carbons (Fsp3) is 0.100. The van der Waals surface area contributed by atoms with Crippen LogP contribution in [-0.4, -0.2) is 15.0 Å². The van der Waals surface area contributed by atoms with Gasteiger partial charge in [0.2, 0.25) is 0 Å². The van der Waals surface area contributed by atoms with Gasteiger partial charge in [-0.25, -0.2) is 4.98 Å². The predicted octanol–water partition coefficient (Wildman–Crippen LogP) is 1.38. The second-order valence-corrected chi connectivity index (χ2v) is 3.72. The van der Waals surface area contributed by atoms with Gasteiger partial charge in [0, 0.05) is 6.20 Å². The third kappa shape index (κ3) is 1.90. The number of pyridine rings is 1. The van der Waals surface area contributed by atoms with Gasteiger partial charge in [-0.1, -0.05) is 11.6 Å². The lowest BCUT2D eigenvalue weighted by Gasteiger charge is -2.03. The molecule has 0 spiro atoms. The minimum Gasteiger partial charge on any atom is -0.383 e. The highest BCUT2D eigenvalue weighted by molar-refractivity contribution is 6.30. The van der Waals surface area contributed by atoms with Gasteiger partial charge in [-0.15, -0.1) is 0 Å². The zero-order valence-corrected chi connectivity index (χ0v) is 9.25. The number of nitrogens with two attached hydrogens (primary N) is 1. The van der Waals surface area contributed by atoms with E-state index in [-0.39, 0.29) is 11.4 Å². The van der Waals surface area contributed by atoms with Crippen LogP contribution < -0.4 is 11.3 Å². The molecule has 0 aliphatic heterocycles. The van der Waals surface area contributed by atoms with Gasteiger partial charge in [0.25, 0.3) is 5.56 Å². The van der Waals surface area contributed by atoms with Crippen molar-refractivity contribution in [3.05, 3.63) is 39.3 Å². The summed E-state index contributed by atoms with van der Waals surface area (Å²) in [6.45, 7) is 1.61. The van der Waals surface area contributed by atoms with E-state index < -0.39 is 0 Å². The van der Waals surface area contributed by atoms with E-state index in [0.29, 0.717) is 22.1 Å². The molecule has 0 atom stereocenters. The average Bonchev–Trinajstić information content (AvgIpc) is 2.26. The molecule has 0 saturated heterocycles. The van der Waals surface area contributed by atoms with Crippen molar-refractivity contribution >= 4 is 17.4 Å². The summed E-state index contributed by atoms with van der Waals surface area (Å²) in [6, 6.07) is 3.33. The van der Waals surface area contributed by atoms with Crippen LogP contribution in [0.4, 0.5) is 5.82 Å². The third-order valence-electron chi connectivity index (χ3n) is 2.16. The Morgan fingerprint density at radius 3 is 2.75 bits per heavy atom. The highest BCUT2D eigenvalue weighted by Crippen LogP contribution is 2.14. The average molecular weight is 237 g/mol. The van der Waals surface area contributed by atoms with Crippen LogP contribution in [0.3, 0.4) is 0 Å². The van der Waals surface area contributed by atoms with E-state index in [4.69, 9.17) is 17.3 Å². The molecule has 16 heavy (non-hydrogen) atoms. The van der Waals surface area contributed by atoms with Crippen molar-refractivity contribution in [2.24, 2.45) is 0 Å². The number of halogens is 1. The Labute approximate surface area is 96.3 Å². The maximum absolute atomic E-state index is 11.5. The van der Waals surface area contributed by atoms with E-state index >= 15 is 0 Å². The molecule has 2 heterocycles. The maximum atomic E-state index is 11.5. The van der Waals surface area contributed by atoms with Crippen LogP contribution in [0, 0.1) is 6.92 Å². The number of aromatic amines is 1. The molecule has 0 saturated carbocycles. The molecule has 2 aromatic rings. The van der Waals surface area contributed by atoms with Crippen molar-refractivity contribution in [1.82, 2.24) is 15.0 Å². The monoisotopic (exact) mass is 236 g/mol. The van der Waals surface area contributed by atoms with Crippen molar-refractivity contribution in [3.8, 4) is 11.5 Å².